The van der Waals surface area contributed by atoms with Crippen LogP contribution in [0, 0.1) is 0 Å². The summed E-state index contributed by atoms with van der Waals surface area (Å²) in [6.07, 6.45) is 2.79. The van der Waals surface area contributed by atoms with Crippen molar-refractivity contribution < 1.29 is 9.53 Å². The monoisotopic (exact) mass is 310 g/mol. The molecule has 0 aliphatic rings. The highest BCUT2D eigenvalue weighted by Gasteiger charge is 2.18. The van der Waals surface area contributed by atoms with E-state index >= 15 is 0 Å². The average Bonchev–Trinajstić information content (AvgIpc) is 2.44. The van der Waals surface area contributed by atoms with E-state index in [2.05, 4.69) is 5.32 Å². The molecule has 1 amide bonds. The molecule has 0 fully saturated rings. The molecule has 1 aromatic rings. The van der Waals surface area contributed by atoms with Crippen molar-refractivity contribution in [3.63, 3.8) is 0 Å². The van der Waals surface area contributed by atoms with E-state index in [1.165, 1.54) is 0 Å². The lowest BCUT2D eigenvalue weighted by molar-refractivity contribution is -0.123. The SMILES string of the molecule is CSCC[C@H](N)C(=O)NC(C)c1ccccc1OC(C)C. The Hall–Kier alpha value is -1.20. The van der Waals surface area contributed by atoms with Crippen molar-refractivity contribution in [1.82, 2.24) is 5.32 Å². The third-order valence-corrected chi connectivity index (χ3v) is 3.72. The lowest BCUT2D eigenvalue weighted by Crippen LogP contribution is -2.42. The molecule has 2 atom stereocenters. The van der Waals surface area contributed by atoms with Crippen LogP contribution in [-0.4, -0.2) is 30.1 Å². The van der Waals surface area contributed by atoms with E-state index in [0.29, 0.717) is 6.42 Å². The van der Waals surface area contributed by atoms with Crippen LogP contribution in [-0.2, 0) is 4.79 Å². The van der Waals surface area contributed by atoms with Gasteiger partial charge in [-0.15, -0.1) is 0 Å². The van der Waals surface area contributed by atoms with Crippen LogP contribution in [0.3, 0.4) is 0 Å². The predicted octanol–water partition coefficient (Wildman–Crippen LogP) is 2.73. The van der Waals surface area contributed by atoms with Gasteiger partial charge in [-0.05, 0) is 45.3 Å². The summed E-state index contributed by atoms with van der Waals surface area (Å²) in [5.74, 6) is 1.57. The third kappa shape index (κ3) is 5.98. The van der Waals surface area contributed by atoms with Gasteiger partial charge in [0.2, 0.25) is 5.91 Å². The van der Waals surface area contributed by atoms with Crippen molar-refractivity contribution in [3.8, 4) is 5.75 Å². The Labute approximate surface area is 131 Å². The number of nitrogens with one attached hydrogen (secondary N) is 1. The number of carbonyl (C=O) groups excluding carboxylic acids is 1. The second kappa shape index (κ2) is 8.95. The average molecular weight is 310 g/mol. The number of hydrogen-bond acceptors (Lipinski definition) is 4. The topological polar surface area (TPSA) is 64.4 Å². The van der Waals surface area contributed by atoms with Gasteiger partial charge in [-0.25, -0.2) is 0 Å². The van der Waals surface area contributed by atoms with Gasteiger partial charge in [0.1, 0.15) is 5.75 Å². The van der Waals surface area contributed by atoms with Crippen LogP contribution in [0.15, 0.2) is 24.3 Å². The van der Waals surface area contributed by atoms with Crippen molar-refractivity contribution in [3.05, 3.63) is 29.8 Å². The predicted molar refractivity (Wildman–Crippen MR) is 89.7 cm³/mol. The van der Waals surface area contributed by atoms with Crippen LogP contribution >= 0.6 is 11.8 Å². The second-order valence-corrected chi connectivity index (χ2v) is 6.31. The van der Waals surface area contributed by atoms with Gasteiger partial charge in [-0.3, -0.25) is 4.79 Å². The summed E-state index contributed by atoms with van der Waals surface area (Å²) in [7, 11) is 0. The molecular formula is C16H26N2O2S. The largest absolute Gasteiger partial charge is 0.491 e. The van der Waals surface area contributed by atoms with E-state index in [4.69, 9.17) is 10.5 Å². The first kappa shape index (κ1) is 17.9. The highest BCUT2D eigenvalue weighted by Crippen LogP contribution is 2.25. The Morgan fingerprint density at radius 3 is 2.62 bits per heavy atom. The van der Waals surface area contributed by atoms with E-state index in [1.807, 2.05) is 51.3 Å². The Morgan fingerprint density at radius 1 is 1.33 bits per heavy atom. The maximum Gasteiger partial charge on any atom is 0.237 e. The summed E-state index contributed by atoms with van der Waals surface area (Å²) in [5, 5.41) is 2.97. The van der Waals surface area contributed by atoms with Crippen LogP contribution in [0.1, 0.15) is 38.8 Å². The van der Waals surface area contributed by atoms with Gasteiger partial charge in [0.05, 0.1) is 18.2 Å². The quantitative estimate of drug-likeness (QED) is 0.775. The summed E-state index contributed by atoms with van der Waals surface area (Å²) in [6.45, 7) is 5.92. The highest BCUT2D eigenvalue weighted by molar-refractivity contribution is 7.98. The first-order chi connectivity index (χ1) is 9.95. The van der Waals surface area contributed by atoms with Gasteiger partial charge < -0.3 is 15.8 Å². The Bertz CT molecular complexity index is 452. The molecule has 0 spiro atoms. The molecule has 0 aliphatic carbocycles. The maximum absolute atomic E-state index is 12.1. The fourth-order valence-corrected chi connectivity index (χ4v) is 2.46. The fraction of sp³-hybridized carbons (Fsp3) is 0.562. The molecule has 0 aliphatic heterocycles. The summed E-state index contributed by atoms with van der Waals surface area (Å²) in [4.78, 5) is 12.1. The number of carbonyl (C=O) groups is 1. The number of thioether (sulfide) groups is 1. The van der Waals surface area contributed by atoms with Crippen LogP contribution in [0.5, 0.6) is 5.75 Å². The Balaban J connectivity index is 2.70. The van der Waals surface area contributed by atoms with E-state index in [9.17, 15) is 4.79 Å². The molecule has 3 N–H and O–H groups in total. The third-order valence-electron chi connectivity index (χ3n) is 3.08. The van der Waals surface area contributed by atoms with Gasteiger partial charge in [0, 0.05) is 5.56 Å². The maximum atomic E-state index is 12.1. The van der Waals surface area contributed by atoms with Crippen LogP contribution < -0.4 is 15.8 Å². The highest BCUT2D eigenvalue weighted by atomic mass is 32.2. The van der Waals surface area contributed by atoms with Gasteiger partial charge in [-0.1, -0.05) is 18.2 Å². The lowest BCUT2D eigenvalue weighted by Gasteiger charge is -2.21. The summed E-state index contributed by atoms with van der Waals surface area (Å²) < 4.78 is 5.79. The zero-order chi connectivity index (χ0) is 15.8. The van der Waals surface area contributed by atoms with Crippen LogP contribution in [0.4, 0.5) is 0 Å². The van der Waals surface area contributed by atoms with Crippen molar-refractivity contribution in [2.24, 2.45) is 5.73 Å². The van der Waals surface area contributed by atoms with Gasteiger partial charge in [-0.2, -0.15) is 11.8 Å². The molecular weight excluding hydrogens is 284 g/mol. The number of amides is 1. The van der Waals surface area contributed by atoms with E-state index in [-0.39, 0.29) is 18.1 Å². The second-order valence-electron chi connectivity index (χ2n) is 5.32. The van der Waals surface area contributed by atoms with Gasteiger partial charge >= 0.3 is 0 Å². The van der Waals surface area contributed by atoms with Crippen molar-refractivity contribution in [2.75, 3.05) is 12.0 Å². The zero-order valence-corrected chi connectivity index (χ0v) is 14.1. The Morgan fingerprint density at radius 2 is 2.00 bits per heavy atom. The molecule has 118 valence electrons. The van der Waals surface area contributed by atoms with Crippen LogP contribution in [0.25, 0.3) is 0 Å². The van der Waals surface area contributed by atoms with Crippen molar-refractivity contribution in [1.29, 1.82) is 0 Å². The van der Waals surface area contributed by atoms with Gasteiger partial charge in [0.15, 0.2) is 0 Å². The standard InChI is InChI=1S/C16H26N2O2S/c1-11(2)20-15-8-6-5-7-13(15)12(3)18-16(19)14(17)9-10-21-4/h5-8,11-12,14H,9-10,17H2,1-4H3,(H,18,19)/t12?,14-/m0/s1. The van der Waals surface area contributed by atoms with Crippen LogP contribution in [0.2, 0.25) is 0 Å². The summed E-state index contributed by atoms with van der Waals surface area (Å²) >= 11 is 1.69. The molecule has 0 aromatic heterocycles. The van der Waals surface area contributed by atoms with Crippen molar-refractivity contribution >= 4 is 17.7 Å². The number of para-hydroxylation sites is 1. The number of ether oxygens (including phenoxy) is 1. The van der Waals surface area contributed by atoms with E-state index < -0.39 is 6.04 Å². The lowest BCUT2D eigenvalue weighted by atomic mass is 10.1. The summed E-state index contributed by atoms with van der Waals surface area (Å²) in [6, 6.07) is 7.17. The fourth-order valence-electron chi connectivity index (χ4n) is 1.97. The molecule has 1 rings (SSSR count). The normalized spacial score (nSPS) is 13.8. The molecule has 0 radical (unpaired) electrons. The minimum absolute atomic E-state index is 0.0953. The van der Waals surface area contributed by atoms with E-state index in [0.717, 1.165) is 17.1 Å². The number of benzene rings is 1. The minimum atomic E-state index is -0.460. The molecule has 4 nitrogen and oxygen atoms in total. The first-order valence-electron chi connectivity index (χ1n) is 7.26. The first-order valence-corrected chi connectivity index (χ1v) is 8.65. The molecule has 21 heavy (non-hydrogen) atoms. The molecule has 5 heteroatoms. The smallest absolute Gasteiger partial charge is 0.237 e. The van der Waals surface area contributed by atoms with Crippen molar-refractivity contribution in [2.45, 2.75) is 45.4 Å². The molecule has 0 saturated heterocycles. The molecule has 1 unspecified atom stereocenters. The molecule has 0 saturated carbocycles. The Kier molecular flexibility index (Phi) is 7.61. The zero-order valence-electron chi connectivity index (χ0n) is 13.3. The number of nitrogens with two attached hydrogens (primary N) is 1. The number of rotatable bonds is 8. The molecule has 1 aromatic carbocycles. The minimum Gasteiger partial charge on any atom is -0.491 e. The summed E-state index contributed by atoms with van der Waals surface area (Å²) in [5.41, 5.74) is 6.86. The molecule has 0 bridgehead atoms. The molecule has 0 heterocycles. The van der Waals surface area contributed by atoms with Gasteiger partial charge in [0.25, 0.3) is 0 Å². The van der Waals surface area contributed by atoms with E-state index in [1.54, 1.807) is 11.8 Å². The number of hydrogen-bond donors (Lipinski definition) is 2.